The molecule has 28 nitrogen and oxygen atoms in total. The minimum Gasteiger partial charge on any atom is -0.445 e. The number of hydrogen-bond donors (Lipinski definition) is 8. The number of likely N-dealkylation sites (N-methyl/N-ethyl adjacent to an activating group) is 1. The van der Waals surface area contributed by atoms with E-state index < -0.39 is 124 Å². The van der Waals surface area contributed by atoms with Gasteiger partial charge in [-0.2, -0.15) is 0 Å². The fourth-order valence-corrected chi connectivity index (χ4v) is 14.6. The van der Waals surface area contributed by atoms with E-state index in [2.05, 4.69) is 31.9 Å². The molecule has 2 aromatic rings. The number of primary sulfonamides is 1. The summed E-state index contributed by atoms with van der Waals surface area (Å²) >= 11 is 0. The number of likely N-dealkylation sites (tertiary alicyclic amines) is 2. The van der Waals surface area contributed by atoms with E-state index in [0.29, 0.717) is 75.6 Å². The summed E-state index contributed by atoms with van der Waals surface area (Å²) in [6.45, 7) is 13.3. The molecule has 10 N–H and O–H groups in total. The Morgan fingerprint density at radius 3 is 2.04 bits per heavy atom. The van der Waals surface area contributed by atoms with E-state index in [1.54, 1.807) is 61.9 Å². The summed E-state index contributed by atoms with van der Waals surface area (Å²) in [5, 5.41) is 22.2. The molecule has 0 radical (unpaired) electrons. The minimum absolute atomic E-state index is 0.0848. The summed E-state index contributed by atoms with van der Waals surface area (Å²) in [4.78, 5) is 154. The lowest BCUT2D eigenvalue weighted by Crippen LogP contribution is -2.60. The number of anilines is 1. The molecule has 12 amide bonds. The summed E-state index contributed by atoms with van der Waals surface area (Å²) < 4.78 is 42.5. The SMILES string of the molecule is CC[C@H](C)[C@@H](C(CC(=O)N1CCC[C@H]1[C@H](OC)[C@@H](C)C(=O)N[C@@H](Cc1ccccc1)CS(N)(=O)=O)OC)N(C)C(=O)[C@@H](NC(=O)C1[C@H]2CC[C@H](C2)N1C(=O)OCc1ccc(NC(=O)[C@H](CCCNC(N)=O)NC(=O)[C@@H](NC(=O)CCCCCN2C(=O)C=CC2=O)C(C)C)cc1)C(C)C. The number of imide groups is 1. The van der Waals surface area contributed by atoms with Crippen LogP contribution in [-0.2, 0) is 80.4 Å². The summed E-state index contributed by atoms with van der Waals surface area (Å²) in [6, 6.07) is 8.47. The Hall–Kier alpha value is -8.02. The first-order valence-corrected chi connectivity index (χ1v) is 36.0. The highest BCUT2D eigenvalue weighted by Crippen LogP contribution is 2.43. The van der Waals surface area contributed by atoms with Crippen molar-refractivity contribution in [2.75, 3.05) is 52.0 Å². The molecule has 13 atom stereocenters. The van der Waals surface area contributed by atoms with Gasteiger partial charge in [0.15, 0.2) is 0 Å². The second-order valence-electron chi connectivity index (χ2n) is 27.1. The number of benzene rings is 2. The second-order valence-corrected chi connectivity index (χ2v) is 28.8. The van der Waals surface area contributed by atoms with Crippen molar-refractivity contribution in [1.29, 1.82) is 0 Å². The highest BCUT2D eigenvalue weighted by atomic mass is 32.2. The third-order valence-electron chi connectivity index (χ3n) is 19.3. The Balaban J connectivity index is 1.05. The fraction of sp³-hybridized carbons (Fsp3) is 0.638. The zero-order chi connectivity index (χ0) is 72.1. The summed E-state index contributed by atoms with van der Waals surface area (Å²) in [5.41, 5.74) is 6.96. The van der Waals surface area contributed by atoms with Crippen molar-refractivity contribution in [3.05, 3.63) is 77.9 Å². The third kappa shape index (κ3) is 22.2. The molecule has 2 saturated heterocycles. The molecule has 1 saturated carbocycles. The number of nitrogens with two attached hydrogens (primary N) is 2. The number of nitrogens with one attached hydrogen (secondary N) is 6. The van der Waals surface area contributed by atoms with Crippen LogP contribution in [0, 0.1) is 29.6 Å². The minimum atomic E-state index is -3.97. The molecule has 98 heavy (non-hydrogen) atoms. The lowest BCUT2D eigenvalue weighted by Gasteiger charge is -2.41. The lowest BCUT2D eigenvalue weighted by atomic mass is 9.89. The average molecular weight is 1390 g/mol. The average Bonchev–Trinajstić information content (AvgIpc) is 1.60. The molecule has 4 aliphatic rings. The topological polar surface area (TPSA) is 387 Å². The number of methoxy groups -OCH3 is 2. The number of amides is 12. The van der Waals surface area contributed by atoms with E-state index >= 15 is 0 Å². The molecule has 2 aromatic carbocycles. The molecular weight excluding hydrogens is 1280 g/mol. The molecule has 2 unspecified atom stereocenters. The first kappa shape index (κ1) is 79.0. The zero-order valence-corrected chi connectivity index (χ0v) is 59.1. The normalized spacial score (nSPS) is 20.2. The predicted molar refractivity (Wildman–Crippen MR) is 365 cm³/mol. The maximum Gasteiger partial charge on any atom is 0.411 e. The van der Waals surface area contributed by atoms with E-state index in [1.165, 1.54) is 31.3 Å². The number of rotatable bonds is 38. The number of hydrogen-bond acceptors (Lipinski definition) is 16. The number of piperidine rings is 1. The molecule has 0 aromatic heterocycles. The monoisotopic (exact) mass is 1390 g/mol. The molecule has 0 spiro atoms. The van der Waals surface area contributed by atoms with Crippen LogP contribution in [0.25, 0.3) is 0 Å². The molecule has 6 rings (SSSR count). The quantitative estimate of drug-likeness (QED) is 0.0350. The Morgan fingerprint density at radius 2 is 1.43 bits per heavy atom. The van der Waals surface area contributed by atoms with E-state index in [1.807, 2.05) is 58.0 Å². The number of ether oxygens (including phenoxy) is 3. The number of sulfonamides is 1. The van der Waals surface area contributed by atoms with Crippen molar-refractivity contribution in [3.63, 3.8) is 0 Å². The fourth-order valence-electron chi connectivity index (χ4n) is 13.9. The van der Waals surface area contributed by atoms with E-state index in [9.17, 15) is 61.2 Å². The van der Waals surface area contributed by atoms with E-state index in [0.717, 1.165) is 10.5 Å². The van der Waals surface area contributed by atoms with Gasteiger partial charge in [-0.1, -0.05) is 104 Å². The van der Waals surface area contributed by atoms with Gasteiger partial charge in [0.2, 0.25) is 51.4 Å². The summed E-state index contributed by atoms with van der Waals surface area (Å²) in [6.07, 6.45) is 5.83. The molecule has 29 heteroatoms. The highest BCUT2D eigenvalue weighted by molar-refractivity contribution is 7.89. The van der Waals surface area contributed by atoms with Gasteiger partial charge in [-0.15, -0.1) is 0 Å². The van der Waals surface area contributed by atoms with Gasteiger partial charge in [0.25, 0.3) is 11.8 Å². The number of urea groups is 1. The smallest absolute Gasteiger partial charge is 0.411 e. The Labute approximate surface area is 575 Å². The van der Waals surface area contributed by atoms with Crippen LogP contribution in [0.15, 0.2) is 66.7 Å². The molecule has 3 fully saturated rings. The van der Waals surface area contributed by atoms with E-state index in [-0.39, 0.29) is 99.2 Å². The zero-order valence-electron chi connectivity index (χ0n) is 58.3. The highest BCUT2D eigenvalue weighted by Gasteiger charge is 2.53. The molecule has 3 heterocycles. The summed E-state index contributed by atoms with van der Waals surface area (Å²) in [7, 11) is 0.622. The molecule has 2 bridgehead atoms. The standard InChI is InChI=1S/C69H104N12O16S/c1-11-43(6)60(53(95-9)38-57(85)79-35-19-23-52(79)62(96-10)44(7)63(86)74-49(40-98(71,93)94)36-45-20-14-12-15-21-45)78(8)67(90)59(42(4)5)77-66(89)61-47-27-30-50(37-47)81(61)69(92)97-39-46-25-28-48(29-26-46)73-64(87)51(22-18-33-72-68(70)91)75-65(88)58(41(2)3)76-54(82)24-16-13-17-34-80-55(83)31-32-56(80)84/h12,14-15,20-21,25-26,28-29,31-32,41-44,47,49-53,58-62H,11,13,16-19,22-24,27,30,33-40H2,1-10H3,(H,73,87)(H,74,86)(H,75,88)(H,76,82)(H,77,89)(H3,70,72,91)(H2,71,93,94)/t43-,44+,47-,49-,50+,51-,52-,53?,58-,59-,60-,61?,62+/m0/s1. The molecule has 1 aliphatic carbocycles. The Bertz CT molecular complexity index is 3230. The van der Waals surface area contributed by atoms with Gasteiger partial charge in [-0.25, -0.2) is 23.1 Å². The van der Waals surface area contributed by atoms with Gasteiger partial charge in [0.05, 0.1) is 42.4 Å². The van der Waals surface area contributed by atoms with Crippen LogP contribution in [0.5, 0.6) is 0 Å². The van der Waals surface area contributed by atoms with Gasteiger partial charge in [-0.05, 0) is 111 Å². The van der Waals surface area contributed by atoms with Crippen molar-refractivity contribution in [1.82, 2.24) is 46.2 Å². The van der Waals surface area contributed by atoms with Gasteiger partial charge < -0.3 is 61.6 Å². The number of unbranched alkanes of at least 4 members (excludes halogenated alkanes) is 2. The maximum atomic E-state index is 14.9. The van der Waals surface area contributed by atoms with Crippen molar-refractivity contribution >= 4 is 81.0 Å². The van der Waals surface area contributed by atoms with Crippen molar-refractivity contribution in [2.45, 2.75) is 206 Å². The van der Waals surface area contributed by atoms with Crippen LogP contribution in [0.2, 0.25) is 0 Å². The van der Waals surface area contributed by atoms with Gasteiger partial charge in [0, 0.05) is 77.2 Å². The molecular formula is C69H104N12O16S. The second kappa shape index (κ2) is 37.2. The third-order valence-corrected chi connectivity index (χ3v) is 20.2. The number of carbonyl (C=O) groups excluding carboxylic acids is 11. The number of fused-ring (bicyclic) bond motifs is 2. The van der Waals surface area contributed by atoms with Crippen molar-refractivity contribution < 1.29 is 75.4 Å². The van der Waals surface area contributed by atoms with Crippen LogP contribution in [-0.4, -0.2) is 201 Å². The van der Waals surface area contributed by atoms with Crippen LogP contribution >= 0.6 is 0 Å². The Morgan fingerprint density at radius 1 is 0.755 bits per heavy atom. The van der Waals surface area contributed by atoms with Crippen molar-refractivity contribution in [3.8, 4) is 0 Å². The van der Waals surface area contributed by atoms with Crippen LogP contribution in [0.3, 0.4) is 0 Å². The number of primary amides is 1. The van der Waals surface area contributed by atoms with Crippen molar-refractivity contribution in [2.24, 2.45) is 40.5 Å². The van der Waals surface area contributed by atoms with Gasteiger partial charge in [0.1, 0.15) is 30.8 Å². The molecule has 3 aliphatic heterocycles. The number of nitrogens with zero attached hydrogens (tertiary/aromatic N) is 4. The van der Waals surface area contributed by atoms with Gasteiger partial charge in [-0.3, -0.25) is 53.0 Å². The van der Waals surface area contributed by atoms with Gasteiger partial charge >= 0.3 is 12.1 Å². The predicted octanol–water partition coefficient (Wildman–Crippen LogP) is 3.75. The maximum absolute atomic E-state index is 14.9. The lowest BCUT2D eigenvalue weighted by molar-refractivity contribution is -0.148. The number of carbonyl (C=O) groups is 11. The van der Waals surface area contributed by atoms with Crippen LogP contribution < -0.4 is 42.8 Å². The summed E-state index contributed by atoms with van der Waals surface area (Å²) in [5.74, 6) is -6.45. The van der Waals surface area contributed by atoms with E-state index in [4.69, 9.17) is 25.1 Å². The first-order chi connectivity index (χ1) is 46.5. The first-order valence-electron chi connectivity index (χ1n) is 34.2. The Kier molecular flexibility index (Phi) is 30.0. The molecule has 542 valence electrons. The largest absolute Gasteiger partial charge is 0.445 e. The van der Waals surface area contributed by atoms with Crippen LogP contribution in [0.4, 0.5) is 15.3 Å². The van der Waals surface area contributed by atoms with Crippen LogP contribution in [0.1, 0.15) is 143 Å².